The molecule has 2 aromatic carbocycles. The van der Waals surface area contributed by atoms with Crippen molar-refractivity contribution in [2.75, 3.05) is 58.2 Å². The standard InChI is InChI=1S/C30H42N4O3/c1-24-11-6-8-14-26(24)31-29(36)34-21-18-32(19-22-34)17-20-33(28(35)23-30(2,3)4)16-10-13-25-12-7-9-15-27(25)37-5/h6-15H,16-23H2,1-5H3,(H,31,36)/b13-10+. The van der Waals surface area contributed by atoms with Crippen molar-refractivity contribution in [3.63, 3.8) is 0 Å². The third-order valence-electron chi connectivity index (χ3n) is 6.53. The predicted octanol–water partition coefficient (Wildman–Crippen LogP) is 5.13. The lowest BCUT2D eigenvalue weighted by Gasteiger charge is -2.36. The van der Waals surface area contributed by atoms with Gasteiger partial charge < -0.3 is 19.9 Å². The highest BCUT2D eigenvalue weighted by molar-refractivity contribution is 5.90. The minimum absolute atomic E-state index is 0.0580. The van der Waals surface area contributed by atoms with Crippen LogP contribution in [0, 0.1) is 12.3 Å². The molecule has 1 aliphatic rings. The van der Waals surface area contributed by atoms with Crippen molar-refractivity contribution < 1.29 is 14.3 Å². The van der Waals surface area contributed by atoms with Gasteiger partial charge >= 0.3 is 6.03 Å². The molecule has 7 nitrogen and oxygen atoms in total. The molecule has 3 amide bonds. The second-order valence-electron chi connectivity index (χ2n) is 10.8. The molecular weight excluding hydrogens is 464 g/mol. The Balaban J connectivity index is 1.53. The molecule has 7 heteroatoms. The molecule has 0 spiro atoms. The topological polar surface area (TPSA) is 65.1 Å². The van der Waals surface area contributed by atoms with Crippen LogP contribution in [0.5, 0.6) is 5.75 Å². The summed E-state index contributed by atoms with van der Waals surface area (Å²) in [6.07, 6.45) is 4.55. The number of methoxy groups -OCH3 is 1. The molecule has 0 aromatic heterocycles. The fourth-order valence-electron chi connectivity index (χ4n) is 4.34. The Morgan fingerprint density at radius 3 is 2.38 bits per heavy atom. The van der Waals surface area contributed by atoms with Crippen LogP contribution in [0.25, 0.3) is 6.08 Å². The minimum atomic E-state index is -0.0716. The summed E-state index contributed by atoms with van der Waals surface area (Å²) in [5.74, 6) is 0.976. The molecule has 200 valence electrons. The SMILES string of the molecule is COc1ccccc1/C=C/CN(CCN1CCN(C(=O)Nc2ccccc2C)CC1)C(=O)CC(C)(C)C. The van der Waals surface area contributed by atoms with E-state index in [4.69, 9.17) is 4.74 Å². The summed E-state index contributed by atoms with van der Waals surface area (Å²) in [7, 11) is 1.66. The molecule has 0 saturated carbocycles. The van der Waals surface area contributed by atoms with Crippen molar-refractivity contribution in [1.82, 2.24) is 14.7 Å². The summed E-state index contributed by atoms with van der Waals surface area (Å²) in [6, 6.07) is 15.6. The number of ether oxygens (including phenoxy) is 1. The molecule has 37 heavy (non-hydrogen) atoms. The maximum Gasteiger partial charge on any atom is 0.321 e. The monoisotopic (exact) mass is 506 g/mol. The molecule has 0 bridgehead atoms. The van der Waals surface area contributed by atoms with E-state index in [9.17, 15) is 9.59 Å². The summed E-state index contributed by atoms with van der Waals surface area (Å²) in [6.45, 7) is 13.2. The summed E-state index contributed by atoms with van der Waals surface area (Å²) < 4.78 is 5.44. The lowest BCUT2D eigenvalue weighted by molar-refractivity contribution is -0.132. The first-order valence-electron chi connectivity index (χ1n) is 13.1. The average molecular weight is 507 g/mol. The second kappa shape index (κ2) is 13.3. The van der Waals surface area contributed by atoms with Crippen molar-refractivity contribution in [2.24, 2.45) is 5.41 Å². The van der Waals surface area contributed by atoms with E-state index in [0.29, 0.717) is 32.6 Å². The fraction of sp³-hybridized carbons (Fsp3) is 0.467. The summed E-state index contributed by atoms with van der Waals surface area (Å²) >= 11 is 0. The van der Waals surface area contributed by atoms with Gasteiger partial charge in [-0.15, -0.1) is 0 Å². The molecule has 2 aromatic rings. The third-order valence-corrected chi connectivity index (χ3v) is 6.53. The zero-order valence-electron chi connectivity index (χ0n) is 23.0. The third kappa shape index (κ3) is 8.93. The van der Waals surface area contributed by atoms with E-state index in [1.165, 1.54) is 0 Å². The highest BCUT2D eigenvalue weighted by Crippen LogP contribution is 2.21. The Bertz CT molecular complexity index is 1070. The number of aryl methyl sites for hydroxylation is 1. The van der Waals surface area contributed by atoms with Crippen molar-refractivity contribution in [2.45, 2.75) is 34.1 Å². The number of anilines is 1. The molecule has 1 fully saturated rings. The van der Waals surface area contributed by atoms with Crippen LogP contribution in [0.1, 0.15) is 38.3 Å². The highest BCUT2D eigenvalue weighted by Gasteiger charge is 2.24. The first-order valence-corrected chi connectivity index (χ1v) is 13.1. The number of hydrogen-bond donors (Lipinski definition) is 1. The molecule has 1 saturated heterocycles. The Morgan fingerprint density at radius 2 is 1.70 bits per heavy atom. The van der Waals surface area contributed by atoms with E-state index >= 15 is 0 Å². The molecule has 0 aliphatic carbocycles. The van der Waals surface area contributed by atoms with Crippen LogP contribution in [0.4, 0.5) is 10.5 Å². The number of amides is 3. The minimum Gasteiger partial charge on any atom is -0.496 e. The molecule has 3 rings (SSSR count). The van der Waals surface area contributed by atoms with Crippen LogP contribution in [0.2, 0.25) is 0 Å². The largest absolute Gasteiger partial charge is 0.496 e. The highest BCUT2D eigenvalue weighted by atomic mass is 16.5. The van der Waals surface area contributed by atoms with Gasteiger partial charge in [-0.05, 0) is 30.0 Å². The summed E-state index contributed by atoms with van der Waals surface area (Å²) in [5.41, 5.74) is 2.82. The maximum atomic E-state index is 13.1. The van der Waals surface area contributed by atoms with Crippen LogP contribution in [0.3, 0.4) is 0 Å². The first-order chi connectivity index (χ1) is 17.7. The summed E-state index contributed by atoms with van der Waals surface area (Å²) in [5, 5.41) is 3.03. The number of nitrogens with zero attached hydrogens (tertiary/aromatic N) is 3. The van der Waals surface area contributed by atoms with Crippen LogP contribution in [-0.4, -0.2) is 79.6 Å². The molecule has 0 unspecified atom stereocenters. The Labute approximate surface area is 222 Å². The molecule has 1 N–H and O–H groups in total. The predicted molar refractivity (Wildman–Crippen MR) is 151 cm³/mol. The quantitative estimate of drug-likeness (QED) is 0.512. The second-order valence-corrected chi connectivity index (χ2v) is 10.8. The number of hydrogen-bond acceptors (Lipinski definition) is 4. The van der Waals surface area contributed by atoms with Crippen molar-refractivity contribution in [3.05, 3.63) is 65.7 Å². The lowest BCUT2D eigenvalue weighted by Crippen LogP contribution is -2.51. The Kier molecular flexibility index (Phi) is 10.1. The summed E-state index contributed by atoms with van der Waals surface area (Å²) in [4.78, 5) is 32.0. The van der Waals surface area contributed by atoms with Gasteiger partial charge in [-0.3, -0.25) is 9.69 Å². The van der Waals surface area contributed by atoms with E-state index in [2.05, 4.69) is 31.0 Å². The lowest BCUT2D eigenvalue weighted by atomic mass is 9.91. The number of benzene rings is 2. The van der Waals surface area contributed by atoms with Gasteiger partial charge in [0.1, 0.15) is 5.75 Å². The van der Waals surface area contributed by atoms with Crippen LogP contribution >= 0.6 is 0 Å². The van der Waals surface area contributed by atoms with Crippen molar-refractivity contribution in [1.29, 1.82) is 0 Å². The van der Waals surface area contributed by atoms with Crippen LogP contribution < -0.4 is 10.1 Å². The zero-order valence-corrected chi connectivity index (χ0v) is 23.0. The molecule has 1 heterocycles. The molecule has 1 aliphatic heterocycles. The zero-order chi connectivity index (χ0) is 26.8. The molecule has 0 atom stereocenters. The van der Waals surface area contributed by atoms with Crippen molar-refractivity contribution >= 4 is 23.7 Å². The number of carbonyl (C=O) groups excluding carboxylic acids is 2. The van der Waals surface area contributed by atoms with Crippen LogP contribution in [-0.2, 0) is 4.79 Å². The Hall–Kier alpha value is -3.32. The van der Waals surface area contributed by atoms with E-state index in [1.54, 1.807) is 7.11 Å². The first kappa shape index (κ1) is 28.3. The smallest absolute Gasteiger partial charge is 0.321 e. The van der Waals surface area contributed by atoms with Gasteiger partial charge in [0.15, 0.2) is 0 Å². The number of para-hydroxylation sites is 2. The van der Waals surface area contributed by atoms with Gasteiger partial charge in [0.2, 0.25) is 5.91 Å². The normalized spacial score (nSPS) is 14.6. The van der Waals surface area contributed by atoms with Gasteiger partial charge in [-0.1, -0.05) is 69.3 Å². The van der Waals surface area contributed by atoms with Crippen molar-refractivity contribution in [3.8, 4) is 5.75 Å². The van der Waals surface area contributed by atoms with E-state index in [0.717, 1.165) is 42.2 Å². The van der Waals surface area contributed by atoms with Gasteiger partial charge in [-0.25, -0.2) is 4.79 Å². The number of urea groups is 1. The molecular formula is C30H42N4O3. The number of carbonyl (C=O) groups is 2. The number of nitrogens with one attached hydrogen (secondary N) is 1. The molecule has 0 radical (unpaired) electrons. The van der Waals surface area contributed by atoms with E-state index < -0.39 is 0 Å². The van der Waals surface area contributed by atoms with Gasteiger partial charge in [0, 0.05) is 63.5 Å². The number of piperazine rings is 1. The van der Waals surface area contributed by atoms with E-state index in [-0.39, 0.29) is 17.4 Å². The van der Waals surface area contributed by atoms with Crippen LogP contribution in [0.15, 0.2) is 54.6 Å². The van der Waals surface area contributed by atoms with Gasteiger partial charge in [-0.2, -0.15) is 0 Å². The average Bonchev–Trinajstić information content (AvgIpc) is 2.87. The van der Waals surface area contributed by atoms with Gasteiger partial charge in [0.25, 0.3) is 0 Å². The van der Waals surface area contributed by atoms with E-state index in [1.807, 2.05) is 77.4 Å². The van der Waals surface area contributed by atoms with Gasteiger partial charge in [0.05, 0.1) is 7.11 Å². The fourth-order valence-corrected chi connectivity index (χ4v) is 4.34. The Morgan fingerprint density at radius 1 is 1.03 bits per heavy atom. The number of rotatable bonds is 9. The maximum absolute atomic E-state index is 13.1.